The Morgan fingerprint density at radius 3 is 2.62 bits per heavy atom. The second-order valence-electron chi connectivity index (χ2n) is 8.61. The largest absolute Gasteiger partial charge is 0.393 e. The Morgan fingerprint density at radius 1 is 1.23 bits per heavy atom. The van der Waals surface area contributed by atoms with Crippen LogP contribution in [0.1, 0.15) is 57.9 Å². The Kier molecular flexibility index (Phi) is 5.80. The lowest BCUT2D eigenvalue weighted by molar-refractivity contribution is -0.0284. The molecule has 5 heteroatoms. The molecule has 26 heavy (non-hydrogen) atoms. The van der Waals surface area contributed by atoms with Crippen LogP contribution in [0.4, 0.5) is 0 Å². The number of benzene rings is 1. The van der Waals surface area contributed by atoms with Crippen LogP contribution in [0.3, 0.4) is 0 Å². The van der Waals surface area contributed by atoms with Crippen LogP contribution in [0.5, 0.6) is 0 Å². The average Bonchev–Trinajstić information content (AvgIpc) is 2.93. The smallest absolute Gasteiger partial charge is 0.296 e. The van der Waals surface area contributed by atoms with Crippen molar-refractivity contribution in [1.82, 2.24) is 0 Å². The van der Waals surface area contributed by atoms with Crippen molar-refractivity contribution in [1.29, 1.82) is 0 Å². The van der Waals surface area contributed by atoms with Crippen molar-refractivity contribution in [2.75, 3.05) is 6.61 Å². The van der Waals surface area contributed by atoms with Crippen LogP contribution in [0, 0.1) is 30.1 Å². The lowest BCUT2D eigenvalue weighted by atomic mass is 9.61. The highest BCUT2D eigenvalue weighted by Crippen LogP contribution is 2.58. The standard InChI is InChI=1S/C21H32O4S/c1-15-6-8-17(9-7-15)26(23,24)25-14-12-16(2)18-10-11-19-20(22)5-4-13-21(18,19)3/h6-9,16,18-20,22H,4-5,10-14H2,1-3H3/t16-,18-,19+,20+,21-/m1/s1. The minimum atomic E-state index is -3.68. The van der Waals surface area contributed by atoms with Crippen molar-refractivity contribution in [2.24, 2.45) is 23.2 Å². The first-order valence-electron chi connectivity index (χ1n) is 9.88. The Hall–Kier alpha value is -0.910. The van der Waals surface area contributed by atoms with Crippen LogP contribution in [-0.2, 0) is 14.3 Å². The van der Waals surface area contributed by atoms with Gasteiger partial charge >= 0.3 is 0 Å². The number of hydrogen-bond donors (Lipinski definition) is 1. The zero-order valence-electron chi connectivity index (χ0n) is 16.1. The maximum absolute atomic E-state index is 12.3. The fraction of sp³-hybridized carbons (Fsp3) is 0.714. The zero-order valence-corrected chi connectivity index (χ0v) is 17.0. The van der Waals surface area contributed by atoms with Gasteiger partial charge < -0.3 is 5.11 Å². The summed E-state index contributed by atoms with van der Waals surface area (Å²) in [6.07, 6.45) is 5.98. The minimum absolute atomic E-state index is 0.163. The van der Waals surface area contributed by atoms with E-state index in [-0.39, 0.29) is 23.0 Å². The van der Waals surface area contributed by atoms with Crippen molar-refractivity contribution in [3.8, 4) is 0 Å². The van der Waals surface area contributed by atoms with Crippen LogP contribution in [0.15, 0.2) is 29.2 Å². The average molecular weight is 381 g/mol. The van der Waals surface area contributed by atoms with Crippen LogP contribution in [-0.4, -0.2) is 26.2 Å². The molecule has 2 fully saturated rings. The Morgan fingerprint density at radius 2 is 1.92 bits per heavy atom. The number of rotatable bonds is 6. The molecule has 0 aromatic heterocycles. The second-order valence-corrected chi connectivity index (χ2v) is 10.2. The number of aryl methyl sites for hydroxylation is 1. The molecule has 0 heterocycles. The fourth-order valence-corrected chi connectivity index (χ4v) is 6.36. The maximum atomic E-state index is 12.3. The number of aliphatic hydroxyl groups is 1. The molecule has 0 spiro atoms. The third kappa shape index (κ3) is 3.85. The summed E-state index contributed by atoms with van der Waals surface area (Å²) in [5.74, 6) is 1.33. The Balaban J connectivity index is 1.57. The first-order valence-corrected chi connectivity index (χ1v) is 11.3. The summed E-state index contributed by atoms with van der Waals surface area (Å²) < 4.78 is 29.9. The van der Waals surface area contributed by atoms with Gasteiger partial charge in [-0.05, 0) is 74.3 Å². The molecule has 2 aliphatic carbocycles. The van der Waals surface area contributed by atoms with Crippen LogP contribution < -0.4 is 0 Å². The summed E-state index contributed by atoms with van der Waals surface area (Å²) in [4.78, 5) is 0.221. The predicted octanol–water partition coefficient (Wildman–Crippen LogP) is 4.30. The van der Waals surface area contributed by atoms with Crippen molar-refractivity contribution >= 4 is 10.1 Å². The van der Waals surface area contributed by atoms with E-state index in [9.17, 15) is 13.5 Å². The van der Waals surface area contributed by atoms with Gasteiger partial charge in [0.25, 0.3) is 10.1 Å². The first-order chi connectivity index (χ1) is 12.2. The quantitative estimate of drug-likeness (QED) is 0.747. The van der Waals surface area contributed by atoms with Gasteiger partial charge in [-0.3, -0.25) is 4.18 Å². The van der Waals surface area contributed by atoms with Crippen LogP contribution in [0.2, 0.25) is 0 Å². The SMILES string of the molecule is Cc1ccc(S(=O)(=O)OCC[C@@H](C)[C@H]2CC[C@H]3[C@@H](O)CCC[C@]23C)cc1. The lowest BCUT2D eigenvalue weighted by Gasteiger charge is -2.45. The molecule has 1 aromatic carbocycles. The van der Waals surface area contributed by atoms with Crippen LogP contribution in [0.25, 0.3) is 0 Å². The summed E-state index contributed by atoms with van der Waals surface area (Å²) in [6.45, 7) is 6.69. The molecule has 5 atom stereocenters. The fourth-order valence-electron chi connectivity index (χ4n) is 5.44. The van der Waals surface area contributed by atoms with Crippen LogP contribution >= 0.6 is 0 Å². The molecule has 0 unspecified atom stereocenters. The summed E-state index contributed by atoms with van der Waals surface area (Å²) in [5.41, 5.74) is 1.21. The minimum Gasteiger partial charge on any atom is -0.393 e. The summed E-state index contributed by atoms with van der Waals surface area (Å²) in [5, 5.41) is 10.4. The van der Waals surface area contributed by atoms with Gasteiger partial charge in [0.05, 0.1) is 17.6 Å². The van der Waals surface area contributed by atoms with E-state index in [0.29, 0.717) is 17.8 Å². The van der Waals surface area contributed by atoms with Crippen molar-refractivity contribution < 1.29 is 17.7 Å². The van der Waals surface area contributed by atoms with E-state index in [2.05, 4.69) is 13.8 Å². The molecule has 146 valence electrons. The van der Waals surface area contributed by atoms with E-state index in [4.69, 9.17) is 4.18 Å². The van der Waals surface area contributed by atoms with E-state index in [1.54, 1.807) is 24.3 Å². The first kappa shape index (κ1) is 19.8. The van der Waals surface area contributed by atoms with E-state index in [1.807, 2.05) is 6.92 Å². The van der Waals surface area contributed by atoms with Gasteiger partial charge in [0, 0.05) is 0 Å². The van der Waals surface area contributed by atoms with Gasteiger partial charge in [0.1, 0.15) is 0 Å². The lowest BCUT2D eigenvalue weighted by Crippen LogP contribution is -2.41. The topological polar surface area (TPSA) is 63.6 Å². The van der Waals surface area contributed by atoms with Gasteiger partial charge in [0.15, 0.2) is 0 Å². The highest BCUT2D eigenvalue weighted by molar-refractivity contribution is 7.86. The molecule has 2 saturated carbocycles. The van der Waals surface area contributed by atoms with Crippen molar-refractivity contribution in [2.45, 2.75) is 70.3 Å². The highest BCUT2D eigenvalue weighted by atomic mass is 32.2. The third-order valence-electron chi connectivity index (χ3n) is 6.97. The molecule has 2 aliphatic rings. The van der Waals surface area contributed by atoms with Gasteiger partial charge in [-0.2, -0.15) is 8.42 Å². The molecular formula is C21H32O4S. The number of hydrogen-bond acceptors (Lipinski definition) is 4. The van der Waals surface area contributed by atoms with E-state index >= 15 is 0 Å². The molecule has 1 N–H and O–H groups in total. The van der Waals surface area contributed by atoms with Crippen molar-refractivity contribution in [3.05, 3.63) is 29.8 Å². The van der Waals surface area contributed by atoms with E-state index < -0.39 is 10.1 Å². The summed E-state index contributed by atoms with van der Waals surface area (Å²) in [6, 6.07) is 6.76. The molecule has 0 saturated heterocycles. The van der Waals surface area contributed by atoms with E-state index in [0.717, 1.165) is 37.7 Å². The molecule has 0 amide bonds. The monoisotopic (exact) mass is 380 g/mol. The number of aliphatic hydroxyl groups excluding tert-OH is 1. The predicted molar refractivity (Wildman–Crippen MR) is 102 cm³/mol. The third-order valence-corrected chi connectivity index (χ3v) is 8.30. The second kappa shape index (κ2) is 7.61. The summed E-state index contributed by atoms with van der Waals surface area (Å²) >= 11 is 0. The molecule has 4 nitrogen and oxygen atoms in total. The summed E-state index contributed by atoms with van der Waals surface area (Å²) in [7, 11) is -3.68. The molecule has 0 aliphatic heterocycles. The van der Waals surface area contributed by atoms with Crippen molar-refractivity contribution in [3.63, 3.8) is 0 Å². The molecular weight excluding hydrogens is 348 g/mol. The van der Waals surface area contributed by atoms with Gasteiger partial charge in [-0.1, -0.05) is 38.0 Å². The van der Waals surface area contributed by atoms with Gasteiger partial charge in [-0.25, -0.2) is 0 Å². The van der Waals surface area contributed by atoms with Gasteiger partial charge in [-0.15, -0.1) is 0 Å². The highest BCUT2D eigenvalue weighted by Gasteiger charge is 2.52. The normalized spacial score (nSPS) is 33.0. The molecule has 1 aromatic rings. The Bertz CT molecular complexity index is 712. The molecule has 3 rings (SSSR count). The van der Waals surface area contributed by atoms with Gasteiger partial charge in [0.2, 0.25) is 0 Å². The number of fused-ring (bicyclic) bond motifs is 1. The maximum Gasteiger partial charge on any atom is 0.296 e. The molecule has 0 bridgehead atoms. The zero-order chi connectivity index (χ0) is 18.9. The van der Waals surface area contributed by atoms with E-state index in [1.165, 1.54) is 6.42 Å². The molecule has 0 radical (unpaired) electrons. The Labute approximate surface area is 158 Å².